The number of amides is 1. The number of hydrogen-bond donors (Lipinski definition) is 1. The minimum atomic E-state index is -0.556. The van der Waals surface area contributed by atoms with Crippen LogP contribution in [0.4, 0.5) is 5.69 Å². The lowest BCUT2D eigenvalue weighted by atomic mass is 10.2. The normalized spacial score (nSPS) is 12.1. The number of nitrogens with zero attached hydrogens (tertiary/aromatic N) is 5. The molecule has 2 aromatic rings. The van der Waals surface area contributed by atoms with Crippen LogP contribution in [0.15, 0.2) is 23.1 Å². The number of carbonyl (C=O) groups excluding carboxylic acids is 1. The van der Waals surface area contributed by atoms with Gasteiger partial charge in [-0.1, -0.05) is 6.92 Å². The average molecular weight is 399 g/mol. The Labute approximate surface area is 147 Å². The summed E-state index contributed by atoms with van der Waals surface area (Å²) in [6.45, 7) is 4.94. The van der Waals surface area contributed by atoms with E-state index in [2.05, 4.69) is 31.4 Å². The lowest BCUT2D eigenvalue weighted by molar-refractivity contribution is -0.385. The third kappa shape index (κ3) is 4.40. The highest BCUT2D eigenvalue weighted by molar-refractivity contribution is 9.10. The quantitative estimate of drug-likeness (QED) is 0.416. The molecule has 1 N–H and O–H groups in total. The first-order valence-corrected chi connectivity index (χ1v) is 8.37. The molecule has 2 aromatic heterocycles. The fourth-order valence-electron chi connectivity index (χ4n) is 2.26. The smallest absolute Gasteiger partial charge is 0.307 e. The Kier molecular flexibility index (Phi) is 6.07. The SMILES string of the molecule is CCC(C(=O)NCCCn1cc(Br)c(C)n1)n1cc([N+](=O)[O-])cn1. The van der Waals surface area contributed by atoms with Gasteiger partial charge in [0.05, 0.1) is 15.1 Å². The van der Waals surface area contributed by atoms with Gasteiger partial charge in [0.2, 0.25) is 5.91 Å². The molecule has 9 nitrogen and oxygen atoms in total. The zero-order valence-electron chi connectivity index (χ0n) is 13.5. The van der Waals surface area contributed by atoms with Gasteiger partial charge >= 0.3 is 5.69 Å². The molecule has 0 aliphatic carbocycles. The maximum atomic E-state index is 12.3. The van der Waals surface area contributed by atoms with Crippen LogP contribution in [0.3, 0.4) is 0 Å². The molecule has 0 bridgehead atoms. The molecular formula is C14H19BrN6O3. The van der Waals surface area contributed by atoms with Crippen LogP contribution in [-0.2, 0) is 11.3 Å². The molecule has 2 heterocycles. The summed E-state index contributed by atoms with van der Waals surface area (Å²) in [4.78, 5) is 22.4. The molecule has 0 fully saturated rings. The van der Waals surface area contributed by atoms with E-state index < -0.39 is 11.0 Å². The molecule has 0 aromatic carbocycles. The highest BCUT2D eigenvalue weighted by Gasteiger charge is 2.21. The van der Waals surface area contributed by atoms with E-state index in [0.717, 1.165) is 22.8 Å². The molecular weight excluding hydrogens is 380 g/mol. The topological polar surface area (TPSA) is 108 Å². The van der Waals surface area contributed by atoms with Crippen molar-refractivity contribution in [2.24, 2.45) is 0 Å². The third-order valence-electron chi connectivity index (χ3n) is 3.56. The Bertz CT molecular complexity index is 706. The second kappa shape index (κ2) is 8.04. The number of carbonyl (C=O) groups is 1. The van der Waals surface area contributed by atoms with Crippen LogP contribution in [0, 0.1) is 17.0 Å². The van der Waals surface area contributed by atoms with Gasteiger partial charge in [-0.05, 0) is 35.7 Å². The van der Waals surface area contributed by atoms with E-state index in [1.165, 1.54) is 10.9 Å². The molecule has 130 valence electrons. The van der Waals surface area contributed by atoms with E-state index in [9.17, 15) is 14.9 Å². The van der Waals surface area contributed by atoms with Crippen LogP contribution in [0.25, 0.3) is 0 Å². The summed E-state index contributed by atoms with van der Waals surface area (Å²) in [6.07, 6.45) is 5.55. The van der Waals surface area contributed by atoms with Crippen LogP contribution in [-0.4, -0.2) is 36.9 Å². The molecule has 10 heteroatoms. The largest absolute Gasteiger partial charge is 0.354 e. The van der Waals surface area contributed by atoms with Crippen LogP contribution in [0.1, 0.15) is 31.5 Å². The summed E-state index contributed by atoms with van der Waals surface area (Å²) in [5.74, 6) is -0.201. The Balaban J connectivity index is 1.84. The van der Waals surface area contributed by atoms with Gasteiger partial charge in [-0.15, -0.1) is 0 Å². The van der Waals surface area contributed by atoms with Gasteiger partial charge in [0.1, 0.15) is 18.4 Å². The van der Waals surface area contributed by atoms with E-state index in [-0.39, 0.29) is 11.6 Å². The second-order valence-corrected chi connectivity index (χ2v) is 6.18. The fourth-order valence-corrected chi connectivity index (χ4v) is 2.58. The van der Waals surface area contributed by atoms with Gasteiger partial charge in [0.15, 0.2) is 0 Å². The fraction of sp³-hybridized carbons (Fsp3) is 0.500. The van der Waals surface area contributed by atoms with E-state index in [4.69, 9.17) is 0 Å². The zero-order chi connectivity index (χ0) is 17.7. The molecule has 0 saturated carbocycles. The standard InChI is InChI=1S/C14H19BrN6O3/c1-3-13(20-8-11(7-17-20)21(23)24)14(22)16-5-4-6-19-9-12(15)10(2)18-19/h7-9,13H,3-6H2,1-2H3,(H,16,22). The van der Waals surface area contributed by atoms with Crippen molar-refractivity contribution in [1.82, 2.24) is 24.9 Å². The molecule has 2 rings (SSSR count). The number of nitrogens with one attached hydrogen (secondary N) is 1. The van der Waals surface area contributed by atoms with Crippen LogP contribution < -0.4 is 5.32 Å². The monoisotopic (exact) mass is 398 g/mol. The molecule has 0 aliphatic heterocycles. The van der Waals surface area contributed by atoms with Gasteiger partial charge in [-0.2, -0.15) is 10.2 Å². The van der Waals surface area contributed by atoms with Gasteiger partial charge < -0.3 is 5.32 Å². The minimum Gasteiger partial charge on any atom is -0.354 e. The van der Waals surface area contributed by atoms with Crippen molar-refractivity contribution in [1.29, 1.82) is 0 Å². The highest BCUT2D eigenvalue weighted by atomic mass is 79.9. The number of hydrogen-bond acceptors (Lipinski definition) is 5. The van der Waals surface area contributed by atoms with Crippen molar-refractivity contribution in [3.8, 4) is 0 Å². The first-order chi connectivity index (χ1) is 11.4. The summed E-state index contributed by atoms with van der Waals surface area (Å²) >= 11 is 3.40. The summed E-state index contributed by atoms with van der Waals surface area (Å²) in [6, 6.07) is -0.556. The first-order valence-electron chi connectivity index (χ1n) is 7.58. The third-order valence-corrected chi connectivity index (χ3v) is 4.34. The van der Waals surface area contributed by atoms with E-state index in [0.29, 0.717) is 19.5 Å². The Morgan fingerprint density at radius 2 is 2.25 bits per heavy atom. The number of nitro groups is 1. The predicted octanol–water partition coefficient (Wildman–Crippen LogP) is 2.22. The summed E-state index contributed by atoms with van der Waals surface area (Å²) in [5, 5.41) is 21.8. The summed E-state index contributed by atoms with van der Waals surface area (Å²) < 4.78 is 4.11. The lowest BCUT2D eigenvalue weighted by Crippen LogP contribution is -2.33. The maximum Gasteiger partial charge on any atom is 0.307 e. The molecule has 1 amide bonds. The van der Waals surface area contributed by atoms with Crippen molar-refractivity contribution in [2.45, 2.75) is 39.3 Å². The van der Waals surface area contributed by atoms with Gasteiger partial charge in [-0.25, -0.2) is 0 Å². The Morgan fingerprint density at radius 1 is 1.50 bits per heavy atom. The lowest BCUT2D eigenvalue weighted by Gasteiger charge is -2.15. The molecule has 0 spiro atoms. The van der Waals surface area contributed by atoms with E-state index in [1.807, 2.05) is 24.7 Å². The van der Waals surface area contributed by atoms with E-state index >= 15 is 0 Å². The van der Waals surface area contributed by atoms with Crippen molar-refractivity contribution in [3.05, 3.63) is 38.9 Å². The van der Waals surface area contributed by atoms with Crippen molar-refractivity contribution in [2.75, 3.05) is 6.54 Å². The molecule has 0 radical (unpaired) electrons. The Morgan fingerprint density at radius 3 is 2.79 bits per heavy atom. The van der Waals surface area contributed by atoms with Gasteiger partial charge in [0.25, 0.3) is 0 Å². The van der Waals surface area contributed by atoms with Crippen LogP contribution in [0.2, 0.25) is 0 Å². The van der Waals surface area contributed by atoms with Gasteiger partial charge in [0, 0.05) is 19.3 Å². The van der Waals surface area contributed by atoms with Crippen molar-refractivity contribution in [3.63, 3.8) is 0 Å². The van der Waals surface area contributed by atoms with Gasteiger partial charge in [-0.3, -0.25) is 24.3 Å². The van der Waals surface area contributed by atoms with E-state index in [1.54, 1.807) is 0 Å². The minimum absolute atomic E-state index is 0.124. The number of halogens is 1. The number of aromatic nitrogens is 4. The molecule has 1 atom stereocenters. The molecule has 0 saturated heterocycles. The van der Waals surface area contributed by atoms with Crippen LogP contribution >= 0.6 is 15.9 Å². The predicted molar refractivity (Wildman–Crippen MR) is 90.5 cm³/mol. The first kappa shape index (κ1) is 18.1. The maximum absolute atomic E-state index is 12.3. The van der Waals surface area contributed by atoms with Crippen molar-refractivity contribution >= 4 is 27.5 Å². The molecule has 24 heavy (non-hydrogen) atoms. The number of rotatable bonds is 8. The van der Waals surface area contributed by atoms with Crippen molar-refractivity contribution < 1.29 is 9.72 Å². The highest BCUT2D eigenvalue weighted by Crippen LogP contribution is 2.16. The number of aryl methyl sites for hydroxylation is 2. The summed E-state index contributed by atoms with van der Waals surface area (Å²) in [7, 11) is 0. The summed E-state index contributed by atoms with van der Waals surface area (Å²) in [5.41, 5.74) is 0.797. The second-order valence-electron chi connectivity index (χ2n) is 5.33. The zero-order valence-corrected chi connectivity index (χ0v) is 15.1. The Hall–Kier alpha value is -2.23. The average Bonchev–Trinajstić information content (AvgIpc) is 3.13. The van der Waals surface area contributed by atoms with Crippen LogP contribution in [0.5, 0.6) is 0 Å². The molecule has 0 aliphatic rings. The molecule has 1 unspecified atom stereocenters.